The third-order valence-corrected chi connectivity index (χ3v) is 4.65. The van der Waals surface area contributed by atoms with Crippen LogP contribution in [-0.2, 0) is 13.0 Å². The van der Waals surface area contributed by atoms with Crippen molar-refractivity contribution in [3.05, 3.63) is 59.7 Å². The standard InChI is InChI=1S/C23H33NO/c1-4-6-7-8-18-24(22-14-16-23(25-3)17-15-22)19-21-12-10-20(9-5-2)11-13-21/h10-17H,4-9,18-19H2,1-3H3. The topological polar surface area (TPSA) is 12.5 Å². The highest BCUT2D eigenvalue weighted by Gasteiger charge is 2.08. The first kappa shape index (κ1) is 19.4. The van der Waals surface area contributed by atoms with Crippen LogP contribution >= 0.6 is 0 Å². The lowest BCUT2D eigenvalue weighted by molar-refractivity contribution is 0.415. The van der Waals surface area contributed by atoms with Gasteiger partial charge in [0.25, 0.3) is 0 Å². The average Bonchev–Trinajstić information content (AvgIpc) is 2.66. The van der Waals surface area contributed by atoms with E-state index in [1.165, 1.54) is 55.3 Å². The summed E-state index contributed by atoms with van der Waals surface area (Å²) in [5.74, 6) is 0.915. The summed E-state index contributed by atoms with van der Waals surface area (Å²) >= 11 is 0. The Balaban J connectivity index is 2.06. The van der Waals surface area contributed by atoms with Crippen LogP contribution in [0.1, 0.15) is 57.1 Å². The molecule has 2 rings (SSSR count). The molecule has 0 amide bonds. The summed E-state index contributed by atoms with van der Waals surface area (Å²) in [6.07, 6.45) is 7.52. The highest BCUT2D eigenvalue weighted by atomic mass is 16.5. The molecule has 0 heterocycles. The SMILES string of the molecule is CCCCCCN(Cc1ccc(CCC)cc1)c1ccc(OC)cc1. The number of hydrogen-bond donors (Lipinski definition) is 0. The van der Waals surface area contributed by atoms with Gasteiger partial charge < -0.3 is 9.64 Å². The molecule has 2 aromatic rings. The van der Waals surface area contributed by atoms with E-state index < -0.39 is 0 Å². The Hall–Kier alpha value is -1.96. The van der Waals surface area contributed by atoms with Crippen LogP contribution in [0.4, 0.5) is 5.69 Å². The van der Waals surface area contributed by atoms with E-state index in [-0.39, 0.29) is 0 Å². The lowest BCUT2D eigenvalue weighted by Crippen LogP contribution is -2.23. The monoisotopic (exact) mass is 339 g/mol. The van der Waals surface area contributed by atoms with Crippen molar-refractivity contribution in [3.8, 4) is 5.75 Å². The first-order valence-corrected chi connectivity index (χ1v) is 9.73. The first-order chi connectivity index (χ1) is 12.3. The van der Waals surface area contributed by atoms with Gasteiger partial charge in [0.1, 0.15) is 5.75 Å². The van der Waals surface area contributed by atoms with Crippen LogP contribution in [0.5, 0.6) is 5.75 Å². The van der Waals surface area contributed by atoms with Crippen molar-refractivity contribution < 1.29 is 4.74 Å². The highest BCUT2D eigenvalue weighted by Crippen LogP contribution is 2.22. The summed E-state index contributed by atoms with van der Waals surface area (Å²) in [6, 6.07) is 17.6. The average molecular weight is 340 g/mol. The van der Waals surface area contributed by atoms with Gasteiger partial charge in [0.15, 0.2) is 0 Å². The molecule has 0 aliphatic carbocycles. The minimum absolute atomic E-state index is 0.915. The third kappa shape index (κ3) is 6.45. The number of methoxy groups -OCH3 is 1. The van der Waals surface area contributed by atoms with Crippen molar-refractivity contribution in [1.29, 1.82) is 0 Å². The van der Waals surface area contributed by atoms with E-state index in [1.54, 1.807) is 7.11 Å². The quantitative estimate of drug-likeness (QED) is 0.450. The van der Waals surface area contributed by atoms with Crippen molar-refractivity contribution >= 4 is 5.69 Å². The lowest BCUT2D eigenvalue weighted by atomic mass is 10.1. The van der Waals surface area contributed by atoms with E-state index in [0.29, 0.717) is 0 Å². The minimum atomic E-state index is 0.915. The van der Waals surface area contributed by atoms with Crippen molar-refractivity contribution in [2.24, 2.45) is 0 Å². The fourth-order valence-electron chi connectivity index (χ4n) is 3.14. The van der Waals surface area contributed by atoms with Crippen LogP contribution in [0.15, 0.2) is 48.5 Å². The van der Waals surface area contributed by atoms with E-state index in [9.17, 15) is 0 Å². The Bertz CT molecular complexity index is 588. The summed E-state index contributed by atoms with van der Waals surface area (Å²) in [5.41, 5.74) is 4.09. The zero-order valence-corrected chi connectivity index (χ0v) is 16.1. The molecular weight excluding hydrogens is 306 g/mol. The molecule has 0 spiro atoms. The van der Waals surface area contributed by atoms with Gasteiger partial charge in [0, 0.05) is 18.8 Å². The molecule has 0 unspecified atom stereocenters. The molecule has 0 aromatic heterocycles. The summed E-state index contributed by atoms with van der Waals surface area (Å²) in [6.45, 7) is 6.56. The summed E-state index contributed by atoms with van der Waals surface area (Å²) < 4.78 is 5.30. The number of nitrogens with zero attached hydrogens (tertiary/aromatic N) is 1. The Labute approximate surface area is 153 Å². The molecule has 0 saturated heterocycles. The maximum atomic E-state index is 5.30. The molecule has 0 N–H and O–H groups in total. The van der Waals surface area contributed by atoms with Gasteiger partial charge in [-0.1, -0.05) is 63.8 Å². The molecule has 0 atom stereocenters. The number of unbranched alkanes of at least 4 members (excludes halogenated alkanes) is 3. The molecule has 0 saturated carbocycles. The van der Waals surface area contributed by atoms with Crippen LogP contribution < -0.4 is 9.64 Å². The first-order valence-electron chi connectivity index (χ1n) is 9.73. The number of aryl methyl sites for hydroxylation is 1. The molecule has 25 heavy (non-hydrogen) atoms. The maximum Gasteiger partial charge on any atom is 0.119 e. The largest absolute Gasteiger partial charge is 0.497 e. The van der Waals surface area contributed by atoms with Crippen LogP contribution in [-0.4, -0.2) is 13.7 Å². The second-order valence-electron chi connectivity index (χ2n) is 6.75. The lowest BCUT2D eigenvalue weighted by Gasteiger charge is -2.25. The summed E-state index contributed by atoms with van der Waals surface area (Å²) in [7, 11) is 1.72. The van der Waals surface area contributed by atoms with E-state index in [0.717, 1.165) is 18.8 Å². The van der Waals surface area contributed by atoms with Crippen LogP contribution in [0.2, 0.25) is 0 Å². The molecule has 0 aliphatic rings. The predicted molar refractivity (Wildman–Crippen MR) is 109 cm³/mol. The van der Waals surface area contributed by atoms with Crippen LogP contribution in [0.3, 0.4) is 0 Å². The van der Waals surface area contributed by atoms with Crippen molar-refractivity contribution in [1.82, 2.24) is 0 Å². The summed E-state index contributed by atoms with van der Waals surface area (Å²) in [4.78, 5) is 2.49. The molecule has 0 aliphatic heterocycles. The molecule has 0 radical (unpaired) electrons. The Kier molecular flexibility index (Phi) is 8.38. The second kappa shape index (κ2) is 10.8. The van der Waals surface area contributed by atoms with Gasteiger partial charge >= 0.3 is 0 Å². The summed E-state index contributed by atoms with van der Waals surface area (Å²) in [5, 5.41) is 0. The fraction of sp³-hybridized carbons (Fsp3) is 0.478. The van der Waals surface area contributed by atoms with Gasteiger partial charge in [-0.2, -0.15) is 0 Å². The van der Waals surface area contributed by atoms with Gasteiger partial charge in [-0.25, -0.2) is 0 Å². The van der Waals surface area contributed by atoms with Crippen molar-refractivity contribution in [2.45, 2.75) is 58.9 Å². The molecule has 2 nitrogen and oxygen atoms in total. The van der Waals surface area contributed by atoms with E-state index in [4.69, 9.17) is 4.74 Å². The smallest absolute Gasteiger partial charge is 0.119 e. The zero-order chi connectivity index (χ0) is 17.9. The van der Waals surface area contributed by atoms with Gasteiger partial charge in [-0.15, -0.1) is 0 Å². The van der Waals surface area contributed by atoms with E-state index >= 15 is 0 Å². The normalized spacial score (nSPS) is 10.7. The van der Waals surface area contributed by atoms with Crippen LogP contribution in [0.25, 0.3) is 0 Å². The molecule has 136 valence electrons. The second-order valence-corrected chi connectivity index (χ2v) is 6.75. The number of hydrogen-bond acceptors (Lipinski definition) is 2. The molecule has 0 bridgehead atoms. The number of benzene rings is 2. The Morgan fingerprint density at radius 1 is 0.760 bits per heavy atom. The van der Waals surface area contributed by atoms with E-state index in [1.807, 2.05) is 0 Å². The number of ether oxygens (including phenoxy) is 1. The Morgan fingerprint density at radius 2 is 1.44 bits per heavy atom. The molecular formula is C23H33NO. The zero-order valence-electron chi connectivity index (χ0n) is 16.1. The van der Waals surface area contributed by atoms with Crippen LogP contribution in [0, 0.1) is 0 Å². The van der Waals surface area contributed by atoms with Crippen molar-refractivity contribution in [2.75, 3.05) is 18.6 Å². The molecule has 2 heteroatoms. The predicted octanol–water partition coefficient (Wildman–Crippen LogP) is 6.23. The van der Waals surface area contributed by atoms with Gasteiger partial charge in [0.05, 0.1) is 7.11 Å². The number of rotatable bonds is 11. The maximum absolute atomic E-state index is 5.30. The van der Waals surface area contributed by atoms with Gasteiger partial charge in [-0.3, -0.25) is 0 Å². The highest BCUT2D eigenvalue weighted by molar-refractivity contribution is 5.49. The minimum Gasteiger partial charge on any atom is -0.497 e. The Morgan fingerprint density at radius 3 is 2.04 bits per heavy atom. The van der Waals surface area contributed by atoms with Gasteiger partial charge in [-0.05, 0) is 48.2 Å². The fourth-order valence-corrected chi connectivity index (χ4v) is 3.14. The molecule has 0 fully saturated rings. The third-order valence-electron chi connectivity index (χ3n) is 4.65. The van der Waals surface area contributed by atoms with Crippen molar-refractivity contribution in [3.63, 3.8) is 0 Å². The number of anilines is 1. The van der Waals surface area contributed by atoms with Gasteiger partial charge in [0.2, 0.25) is 0 Å². The van der Waals surface area contributed by atoms with E-state index in [2.05, 4.69) is 67.3 Å². The molecule has 2 aromatic carbocycles.